The summed E-state index contributed by atoms with van der Waals surface area (Å²) < 4.78 is 53.8. The Morgan fingerprint density at radius 3 is 2.38 bits per heavy atom. The number of ether oxygens (including phenoxy) is 1. The van der Waals surface area contributed by atoms with Gasteiger partial charge in [0.1, 0.15) is 11.6 Å². The Labute approximate surface area is 121 Å². The number of ketones is 1. The summed E-state index contributed by atoms with van der Waals surface area (Å²) in [6, 6.07) is 8.02. The molecule has 0 bridgehead atoms. The number of halogens is 5. The number of alkyl halides is 3. The van der Waals surface area contributed by atoms with Crippen LogP contribution in [-0.4, -0.2) is 12.1 Å². The predicted octanol–water partition coefficient (Wildman–Crippen LogP) is 4.61. The molecule has 0 atom stereocenters. The van der Waals surface area contributed by atoms with Crippen molar-refractivity contribution in [3.63, 3.8) is 0 Å². The molecule has 0 aliphatic rings. The number of benzene rings is 2. The van der Waals surface area contributed by atoms with Crippen molar-refractivity contribution in [2.75, 3.05) is 0 Å². The molecule has 0 N–H and O–H groups in total. The maximum absolute atomic E-state index is 13.6. The summed E-state index contributed by atoms with van der Waals surface area (Å²) in [4.78, 5) is 12.1. The van der Waals surface area contributed by atoms with E-state index in [1.54, 1.807) is 0 Å². The first kappa shape index (κ1) is 15.3. The van der Waals surface area contributed by atoms with Crippen LogP contribution in [0.3, 0.4) is 0 Å². The van der Waals surface area contributed by atoms with Crippen LogP contribution < -0.4 is 4.74 Å². The van der Waals surface area contributed by atoms with Crippen LogP contribution in [0.4, 0.5) is 17.6 Å². The Hall–Kier alpha value is -2.08. The second-order valence-electron chi connectivity index (χ2n) is 4.00. The first-order valence-corrected chi connectivity index (χ1v) is 6.00. The molecule has 7 heteroatoms. The van der Waals surface area contributed by atoms with Crippen molar-refractivity contribution in [3.8, 4) is 5.75 Å². The molecule has 0 fully saturated rings. The summed E-state index contributed by atoms with van der Waals surface area (Å²) in [5, 5.41) is -0.123. The molecule has 2 aromatic carbocycles. The highest BCUT2D eigenvalue weighted by Gasteiger charge is 2.31. The van der Waals surface area contributed by atoms with Crippen molar-refractivity contribution in [1.29, 1.82) is 0 Å². The average molecular weight is 319 g/mol. The first-order valence-electron chi connectivity index (χ1n) is 5.62. The lowest BCUT2D eigenvalue weighted by molar-refractivity contribution is -0.274. The van der Waals surface area contributed by atoms with Crippen molar-refractivity contribution >= 4 is 17.4 Å². The van der Waals surface area contributed by atoms with Crippen LogP contribution in [0.1, 0.15) is 15.9 Å². The molecule has 0 spiro atoms. The van der Waals surface area contributed by atoms with Gasteiger partial charge >= 0.3 is 6.36 Å². The normalized spacial score (nSPS) is 11.3. The molecule has 110 valence electrons. The molecule has 0 heterocycles. The second-order valence-corrected chi connectivity index (χ2v) is 4.41. The zero-order valence-electron chi connectivity index (χ0n) is 10.2. The van der Waals surface area contributed by atoms with E-state index in [9.17, 15) is 22.4 Å². The van der Waals surface area contributed by atoms with Gasteiger partial charge in [0.25, 0.3) is 0 Å². The molecule has 0 amide bonds. The molecule has 0 saturated carbocycles. The molecule has 0 unspecified atom stereocenters. The van der Waals surface area contributed by atoms with E-state index < -0.39 is 29.3 Å². The highest BCUT2D eigenvalue weighted by molar-refractivity contribution is 6.35. The van der Waals surface area contributed by atoms with Crippen LogP contribution in [0, 0.1) is 5.82 Å². The summed E-state index contributed by atoms with van der Waals surface area (Å²) in [6.07, 6.45) is -4.88. The largest absolute Gasteiger partial charge is 0.573 e. The minimum Gasteiger partial charge on any atom is -0.406 e. The monoisotopic (exact) mass is 318 g/mol. The molecular formula is C14H7ClF4O2. The lowest BCUT2D eigenvalue weighted by Gasteiger charge is -2.10. The van der Waals surface area contributed by atoms with Crippen LogP contribution >= 0.6 is 11.6 Å². The van der Waals surface area contributed by atoms with E-state index >= 15 is 0 Å². The molecule has 0 radical (unpaired) electrons. The van der Waals surface area contributed by atoms with Crippen molar-refractivity contribution in [2.24, 2.45) is 0 Å². The average Bonchev–Trinajstić information content (AvgIpc) is 2.36. The SMILES string of the molecule is O=C(c1cccc(OC(F)(F)F)c1)c1c(F)cccc1Cl. The van der Waals surface area contributed by atoms with Crippen LogP contribution in [0.2, 0.25) is 5.02 Å². The molecule has 2 aromatic rings. The van der Waals surface area contributed by atoms with Crippen molar-refractivity contribution < 1.29 is 27.1 Å². The van der Waals surface area contributed by atoms with Gasteiger partial charge < -0.3 is 4.74 Å². The minimum atomic E-state index is -4.88. The Morgan fingerprint density at radius 2 is 1.76 bits per heavy atom. The summed E-state index contributed by atoms with van der Waals surface area (Å²) in [6.45, 7) is 0. The van der Waals surface area contributed by atoms with Gasteiger partial charge in [0, 0.05) is 5.56 Å². The second kappa shape index (κ2) is 5.73. The number of rotatable bonds is 3. The molecule has 0 saturated heterocycles. The van der Waals surface area contributed by atoms with E-state index in [0.29, 0.717) is 0 Å². The van der Waals surface area contributed by atoms with Gasteiger partial charge in [-0.15, -0.1) is 13.2 Å². The van der Waals surface area contributed by atoms with Crippen LogP contribution in [-0.2, 0) is 0 Å². The van der Waals surface area contributed by atoms with Gasteiger partial charge in [0.2, 0.25) is 0 Å². The maximum Gasteiger partial charge on any atom is 0.573 e. The van der Waals surface area contributed by atoms with Crippen molar-refractivity contribution in [2.45, 2.75) is 6.36 Å². The third-order valence-electron chi connectivity index (χ3n) is 2.52. The zero-order valence-corrected chi connectivity index (χ0v) is 11.0. The van der Waals surface area contributed by atoms with Crippen LogP contribution in [0.25, 0.3) is 0 Å². The quantitative estimate of drug-likeness (QED) is 0.610. The molecule has 0 aliphatic heterocycles. The predicted molar refractivity (Wildman–Crippen MR) is 68.0 cm³/mol. The van der Waals surface area contributed by atoms with E-state index in [2.05, 4.69) is 4.74 Å². The van der Waals surface area contributed by atoms with Gasteiger partial charge in [-0.3, -0.25) is 4.79 Å². The van der Waals surface area contributed by atoms with Gasteiger partial charge in [-0.1, -0.05) is 29.8 Å². The van der Waals surface area contributed by atoms with Crippen molar-refractivity contribution in [1.82, 2.24) is 0 Å². The fraction of sp³-hybridized carbons (Fsp3) is 0.0714. The Kier molecular flexibility index (Phi) is 4.18. The Bertz CT molecular complexity index is 663. The molecule has 0 aromatic heterocycles. The fourth-order valence-electron chi connectivity index (χ4n) is 1.69. The highest BCUT2D eigenvalue weighted by atomic mass is 35.5. The highest BCUT2D eigenvalue weighted by Crippen LogP contribution is 2.26. The Morgan fingerprint density at radius 1 is 1.10 bits per heavy atom. The standard InChI is InChI=1S/C14H7ClF4O2/c15-10-5-2-6-11(16)12(10)13(20)8-3-1-4-9(7-8)21-14(17,18)19/h1-7H. The summed E-state index contributed by atoms with van der Waals surface area (Å²) >= 11 is 5.75. The lowest BCUT2D eigenvalue weighted by atomic mass is 10.0. The van der Waals surface area contributed by atoms with E-state index in [1.807, 2.05) is 0 Å². The number of hydrogen-bond acceptors (Lipinski definition) is 2. The molecule has 21 heavy (non-hydrogen) atoms. The molecule has 2 rings (SSSR count). The minimum absolute atomic E-state index is 0.123. The summed E-state index contributed by atoms with van der Waals surface area (Å²) in [5.74, 6) is -2.25. The van der Waals surface area contributed by atoms with Gasteiger partial charge in [-0.2, -0.15) is 0 Å². The molecule has 2 nitrogen and oxygen atoms in total. The first-order chi connectivity index (χ1) is 9.78. The van der Waals surface area contributed by atoms with Gasteiger partial charge in [0.15, 0.2) is 5.78 Å². The lowest BCUT2D eigenvalue weighted by Crippen LogP contribution is -2.17. The zero-order chi connectivity index (χ0) is 15.6. The van der Waals surface area contributed by atoms with Crippen molar-refractivity contribution in [3.05, 3.63) is 64.4 Å². The van der Waals surface area contributed by atoms with Gasteiger partial charge in [-0.05, 0) is 24.3 Å². The Balaban J connectivity index is 2.38. The van der Waals surface area contributed by atoms with E-state index in [0.717, 1.165) is 18.2 Å². The third-order valence-corrected chi connectivity index (χ3v) is 2.83. The molecule has 0 aliphatic carbocycles. The third kappa shape index (κ3) is 3.72. The number of carbonyl (C=O) groups excluding carboxylic acids is 1. The van der Waals surface area contributed by atoms with Gasteiger partial charge in [0.05, 0.1) is 10.6 Å². The topological polar surface area (TPSA) is 26.3 Å². The molecular weight excluding hydrogens is 312 g/mol. The van der Waals surface area contributed by atoms with Crippen LogP contribution in [0.5, 0.6) is 5.75 Å². The maximum atomic E-state index is 13.6. The number of hydrogen-bond donors (Lipinski definition) is 0. The fourth-order valence-corrected chi connectivity index (χ4v) is 1.94. The van der Waals surface area contributed by atoms with Crippen LogP contribution in [0.15, 0.2) is 42.5 Å². The summed E-state index contributed by atoms with van der Waals surface area (Å²) in [7, 11) is 0. The summed E-state index contributed by atoms with van der Waals surface area (Å²) in [5.41, 5.74) is -0.563. The van der Waals surface area contributed by atoms with E-state index in [1.165, 1.54) is 24.3 Å². The van der Waals surface area contributed by atoms with E-state index in [-0.39, 0.29) is 10.6 Å². The van der Waals surface area contributed by atoms with Gasteiger partial charge in [-0.25, -0.2) is 4.39 Å². The number of carbonyl (C=O) groups is 1. The van der Waals surface area contributed by atoms with E-state index in [4.69, 9.17) is 11.6 Å². The smallest absolute Gasteiger partial charge is 0.406 e.